The maximum absolute atomic E-state index is 14.1. The minimum atomic E-state index is -0.696. The highest BCUT2D eigenvalue weighted by molar-refractivity contribution is 5.98. The molecule has 0 unspecified atom stereocenters. The van der Waals surface area contributed by atoms with E-state index < -0.39 is 24.3 Å². The number of hydrogen-bond donors (Lipinski definition) is 4. The Morgan fingerprint density at radius 1 is 0.667 bits per heavy atom. The number of ether oxygens (including phenoxy) is 5. The van der Waals surface area contributed by atoms with Crippen LogP contribution >= 0.6 is 0 Å². The van der Waals surface area contributed by atoms with E-state index in [9.17, 15) is 19.2 Å². The molecule has 5 aliphatic rings. The largest absolute Gasteiger partial charge is 0.488 e. The zero-order chi connectivity index (χ0) is 45.3. The normalized spacial score (nSPS) is 20.8. The van der Waals surface area contributed by atoms with Crippen molar-refractivity contribution >= 4 is 34.8 Å². The summed E-state index contributed by atoms with van der Waals surface area (Å²) in [4.78, 5) is 73.1. The summed E-state index contributed by atoms with van der Waals surface area (Å²) in [6.45, 7) is 3.77. The third kappa shape index (κ3) is 8.45. The fourth-order valence-corrected chi connectivity index (χ4v) is 10.7. The average Bonchev–Trinajstić information content (AvgIpc) is 4.22. The van der Waals surface area contributed by atoms with Crippen LogP contribution in [0.3, 0.4) is 0 Å². The van der Waals surface area contributed by atoms with Gasteiger partial charge in [-0.1, -0.05) is 30.3 Å². The summed E-state index contributed by atoms with van der Waals surface area (Å²) in [5.74, 6) is 1.95. The molecule has 0 spiro atoms. The Kier molecular flexibility index (Phi) is 12.4. The molecular weight excluding hydrogens is 845 g/mol. The van der Waals surface area contributed by atoms with Gasteiger partial charge in [0.15, 0.2) is 0 Å². The van der Waals surface area contributed by atoms with Gasteiger partial charge in [-0.3, -0.25) is 9.59 Å². The Hall–Kier alpha value is -6.46. The van der Waals surface area contributed by atoms with Crippen LogP contribution in [0.4, 0.5) is 9.59 Å². The predicted molar refractivity (Wildman–Crippen MR) is 242 cm³/mol. The second kappa shape index (κ2) is 18.8. The molecule has 4 atom stereocenters. The lowest BCUT2D eigenvalue weighted by atomic mass is 9.90. The van der Waals surface area contributed by atoms with Gasteiger partial charge in [0, 0.05) is 56.0 Å². The number of aromatic nitrogens is 4. The highest BCUT2D eigenvalue weighted by atomic mass is 16.5. The molecule has 5 aromatic rings. The number of imidazole rings is 2. The molecule has 0 saturated carbocycles. The van der Waals surface area contributed by atoms with Gasteiger partial charge < -0.3 is 54.1 Å². The van der Waals surface area contributed by atoms with Crippen molar-refractivity contribution in [1.82, 2.24) is 40.4 Å². The van der Waals surface area contributed by atoms with E-state index in [1.54, 1.807) is 0 Å². The molecule has 17 nitrogen and oxygen atoms in total. The summed E-state index contributed by atoms with van der Waals surface area (Å²) < 4.78 is 27.4. The molecule has 2 aromatic heterocycles. The number of methoxy groups -OCH3 is 2. The van der Waals surface area contributed by atoms with Gasteiger partial charge in [-0.15, -0.1) is 0 Å². The summed E-state index contributed by atoms with van der Waals surface area (Å²) in [6.07, 6.45) is 8.36. The molecule has 66 heavy (non-hydrogen) atoms. The highest BCUT2D eigenvalue weighted by Gasteiger charge is 2.42. The number of hydrogen-bond acceptors (Lipinski definition) is 11. The number of carbonyl (C=O) groups excluding carboxylic acids is 4. The van der Waals surface area contributed by atoms with Crippen molar-refractivity contribution < 1.29 is 42.9 Å². The molecule has 0 aliphatic carbocycles. The molecular formula is C49H56N8O9. The minimum absolute atomic E-state index is 0.0376. The fourth-order valence-electron chi connectivity index (χ4n) is 10.7. The van der Waals surface area contributed by atoms with Crippen LogP contribution in [-0.2, 0) is 35.1 Å². The number of H-pyrrole nitrogens is 2. The molecule has 346 valence electrons. The number of nitrogens with zero attached hydrogens (tertiary/aromatic N) is 4. The minimum Gasteiger partial charge on any atom is -0.488 e. The molecule has 3 aromatic carbocycles. The monoisotopic (exact) mass is 900 g/mol. The standard InChI is InChI=1S/C49H56N8O9/c1-62-48(60)54-41(28-13-19-64-20-14-28)46(58)56-17-3-5-39(56)44-50-25-37(52-44)31-9-11-35-30(23-31)7-12-36-34-10-8-32(24-33(34)27-66-43(35)36)38-26-51-45(53-38)40-6-4-18-57(40)47(59)42(55-49(61)63-2)29-15-21-65-22-16-29/h7-12,23-26,28-29,39-42H,3-6,13-22,27H2,1-2H3,(H,50,52)(H,51,53)(H,54,60)(H,55,61)/t39-,40+,41-,42-/m0/s1. The van der Waals surface area contributed by atoms with Crippen molar-refractivity contribution in [2.24, 2.45) is 11.8 Å². The van der Waals surface area contributed by atoms with Crippen LogP contribution in [0.25, 0.3) is 44.4 Å². The van der Waals surface area contributed by atoms with E-state index in [0.717, 1.165) is 93.1 Å². The van der Waals surface area contributed by atoms with Crippen molar-refractivity contribution in [3.05, 3.63) is 78.1 Å². The van der Waals surface area contributed by atoms with Crippen LogP contribution in [0.1, 0.15) is 80.7 Å². The molecule has 4 amide bonds. The predicted octanol–water partition coefficient (Wildman–Crippen LogP) is 6.81. The number of nitrogens with one attached hydrogen (secondary N) is 4. The van der Waals surface area contributed by atoms with E-state index in [1.165, 1.54) is 14.2 Å². The highest BCUT2D eigenvalue weighted by Crippen LogP contribution is 2.44. The fraction of sp³-hybridized carbons (Fsp3) is 0.469. The summed E-state index contributed by atoms with van der Waals surface area (Å²) in [7, 11) is 2.62. The topological polar surface area (TPSA) is 202 Å². The SMILES string of the molecule is COC(=O)N[C@H](C(=O)N1CCC[C@@H]1c1ncc(-c2ccc3c(c2)COc2c-3ccc3cc(-c4cnc([C@@H]5CCCN5C(=O)[C@@H](NC(=O)OC)C5CCOCC5)[nH]4)ccc23)[nH]1)C1CCOCC1. The number of benzene rings is 3. The first-order valence-electron chi connectivity index (χ1n) is 23.2. The number of fused-ring (bicyclic) bond motifs is 5. The zero-order valence-corrected chi connectivity index (χ0v) is 37.3. The van der Waals surface area contributed by atoms with E-state index in [0.29, 0.717) is 71.8 Å². The third-order valence-electron chi connectivity index (χ3n) is 14.2. The maximum atomic E-state index is 14.1. The second-order valence-electron chi connectivity index (χ2n) is 17.9. The Labute approximate surface area is 382 Å². The van der Waals surface area contributed by atoms with Gasteiger partial charge in [0.1, 0.15) is 36.1 Å². The first-order chi connectivity index (χ1) is 32.3. The van der Waals surface area contributed by atoms with Crippen molar-refractivity contribution in [1.29, 1.82) is 0 Å². The number of alkyl carbamates (subject to hydrolysis) is 2. The van der Waals surface area contributed by atoms with Crippen LogP contribution in [-0.4, -0.2) is 120 Å². The van der Waals surface area contributed by atoms with Gasteiger partial charge >= 0.3 is 12.2 Å². The van der Waals surface area contributed by atoms with Crippen LogP contribution in [0.5, 0.6) is 5.75 Å². The van der Waals surface area contributed by atoms with Crippen molar-refractivity contribution in [2.75, 3.05) is 53.7 Å². The zero-order valence-electron chi connectivity index (χ0n) is 37.3. The summed E-state index contributed by atoms with van der Waals surface area (Å²) >= 11 is 0. The number of rotatable bonds is 10. The molecule has 17 heteroatoms. The van der Waals surface area contributed by atoms with E-state index in [2.05, 4.69) is 69.1 Å². The maximum Gasteiger partial charge on any atom is 0.407 e. The van der Waals surface area contributed by atoms with E-state index in [-0.39, 0.29) is 35.7 Å². The first kappa shape index (κ1) is 43.4. The van der Waals surface area contributed by atoms with E-state index in [4.69, 9.17) is 33.7 Å². The number of carbonyl (C=O) groups is 4. The Bertz CT molecular complexity index is 2620. The van der Waals surface area contributed by atoms with Crippen molar-refractivity contribution in [3.63, 3.8) is 0 Å². The average molecular weight is 901 g/mol. The number of aromatic amines is 2. The van der Waals surface area contributed by atoms with Gasteiger partial charge in [-0.05, 0) is 103 Å². The molecule has 5 aliphatic heterocycles. The molecule has 4 saturated heterocycles. The summed E-state index contributed by atoms with van der Waals surface area (Å²) in [5.41, 5.74) is 6.80. The lowest BCUT2D eigenvalue weighted by Gasteiger charge is -2.34. The molecule has 0 bridgehead atoms. The quantitative estimate of drug-likeness (QED) is 0.115. The van der Waals surface area contributed by atoms with Crippen molar-refractivity contribution in [3.8, 4) is 39.4 Å². The first-order valence-corrected chi connectivity index (χ1v) is 23.2. The van der Waals surface area contributed by atoms with Crippen LogP contribution in [0, 0.1) is 11.8 Å². The van der Waals surface area contributed by atoms with Crippen molar-refractivity contribution in [2.45, 2.75) is 82.1 Å². The van der Waals surface area contributed by atoms with Gasteiger partial charge in [0.05, 0.1) is 50.1 Å². The Morgan fingerprint density at radius 3 is 1.73 bits per heavy atom. The van der Waals surface area contributed by atoms with E-state index >= 15 is 0 Å². The molecule has 0 radical (unpaired) electrons. The lowest BCUT2D eigenvalue weighted by molar-refractivity contribution is -0.137. The molecule has 4 N–H and O–H groups in total. The molecule has 10 rings (SSSR count). The number of likely N-dealkylation sites (tertiary alicyclic amines) is 2. The smallest absolute Gasteiger partial charge is 0.407 e. The Balaban J connectivity index is 0.840. The molecule has 7 heterocycles. The lowest BCUT2D eigenvalue weighted by Crippen LogP contribution is -2.53. The molecule has 4 fully saturated rings. The van der Waals surface area contributed by atoms with Crippen LogP contribution in [0.2, 0.25) is 0 Å². The van der Waals surface area contributed by atoms with Gasteiger partial charge in [0.2, 0.25) is 11.8 Å². The third-order valence-corrected chi connectivity index (χ3v) is 14.2. The van der Waals surface area contributed by atoms with Gasteiger partial charge in [0.25, 0.3) is 0 Å². The van der Waals surface area contributed by atoms with Gasteiger partial charge in [-0.2, -0.15) is 0 Å². The number of amides is 4. The Morgan fingerprint density at radius 2 is 1.18 bits per heavy atom. The summed E-state index contributed by atoms with van der Waals surface area (Å²) in [6, 6.07) is 15.0. The van der Waals surface area contributed by atoms with Gasteiger partial charge in [-0.25, -0.2) is 19.6 Å². The van der Waals surface area contributed by atoms with Crippen LogP contribution < -0.4 is 15.4 Å². The second-order valence-corrected chi connectivity index (χ2v) is 17.9. The van der Waals surface area contributed by atoms with Crippen LogP contribution in [0.15, 0.2) is 60.9 Å². The summed E-state index contributed by atoms with van der Waals surface area (Å²) in [5, 5.41) is 7.68. The van der Waals surface area contributed by atoms with E-state index in [1.807, 2.05) is 22.2 Å².